The molecule has 0 amide bonds. The Morgan fingerprint density at radius 1 is 1.24 bits per heavy atom. The maximum atomic E-state index is 5.81. The van der Waals surface area contributed by atoms with E-state index in [1.807, 2.05) is 24.4 Å². The molecule has 1 aromatic heterocycles. The number of ether oxygens (including phenoxy) is 1. The molecule has 0 atom stereocenters. The monoisotopic (exact) mass is 348 g/mol. The Bertz CT molecular complexity index is 558. The molecule has 0 saturated heterocycles. The number of hydrogen-bond acceptors (Lipinski definition) is 3. The molecule has 2 aromatic rings. The van der Waals surface area contributed by atoms with Gasteiger partial charge in [-0.3, -0.25) is 4.98 Å². The molecular formula is C17H21BrN2O. The van der Waals surface area contributed by atoms with Gasteiger partial charge in [0.05, 0.1) is 4.47 Å². The van der Waals surface area contributed by atoms with Crippen molar-refractivity contribution in [3.05, 3.63) is 58.3 Å². The SMILES string of the molecule is CC(C)CNCc1ccc(OCc2cccnc2)c(Br)c1. The lowest BCUT2D eigenvalue weighted by molar-refractivity contribution is 0.303. The van der Waals surface area contributed by atoms with Crippen molar-refractivity contribution in [1.29, 1.82) is 0 Å². The van der Waals surface area contributed by atoms with Crippen molar-refractivity contribution in [3.8, 4) is 5.75 Å². The lowest BCUT2D eigenvalue weighted by atomic mass is 10.2. The smallest absolute Gasteiger partial charge is 0.134 e. The molecule has 0 aliphatic carbocycles. The normalized spacial score (nSPS) is 10.9. The van der Waals surface area contributed by atoms with Crippen molar-refractivity contribution in [2.45, 2.75) is 27.0 Å². The molecule has 0 fully saturated rings. The van der Waals surface area contributed by atoms with Gasteiger partial charge in [0.2, 0.25) is 0 Å². The molecule has 1 aromatic carbocycles. The molecule has 2 rings (SSSR count). The van der Waals surface area contributed by atoms with Gasteiger partial charge in [0, 0.05) is 24.5 Å². The third-order valence-electron chi connectivity index (χ3n) is 3.00. The van der Waals surface area contributed by atoms with E-state index < -0.39 is 0 Å². The second kappa shape index (κ2) is 8.15. The summed E-state index contributed by atoms with van der Waals surface area (Å²) >= 11 is 3.57. The van der Waals surface area contributed by atoms with Crippen LogP contribution in [-0.4, -0.2) is 11.5 Å². The van der Waals surface area contributed by atoms with E-state index >= 15 is 0 Å². The highest BCUT2D eigenvalue weighted by molar-refractivity contribution is 9.10. The van der Waals surface area contributed by atoms with Crippen molar-refractivity contribution >= 4 is 15.9 Å². The van der Waals surface area contributed by atoms with Crippen LogP contribution in [0.5, 0.6) is 5.75 Å². The van der Waals surface area contributed by atoms with Crippen LogP contribution in [0.3, 0.4) is 0 Å². The first-order valence-electron chi connectivity index (χ1n) is 7.16. The standard InChI is InChI=1S/C17H21BrN2O/c1-13(2)9-20-10-14-5-6-17(16(18)8-14)21-12-15-4-3-7-19-11-15/h3-8,11,13,20H,9-10,12H2,1-2H3. The van der Waals surface area contributed by atoms with Crippen molar-refractivity contribution in [3.63, 3.8) is 0 Å². The van der Waals surface area contributed by atoms with E-state index in [0.29, 0.717) is 12.5 Å². The third-order valence-corrected chi connectivity index (χ3v) is 3.61. The average molecular weight is 349 g/mol. The lowest BCUT2D eigenvalue weighted by Crippen LogP contribution is -2.18. The Morgan fingerprint density at radius 2 is 2.10 bits per heavy atom. The van der Waals surface area contributed by atoms with E-state index in [0.717, 1.165) is 28.9 Å². The van der Waals surface area contributed by atoms with Crippen LogP contribution in [0.2, 0.25) is 0 Å². The van der Waals surface area contributed by atoms with Crippen molar-refractivity contribution in [2.75, 3.05) is 6.54 Å². The van der Waals surface area contributed by atoms with E-state index in [9.17, 15) is 0 Å². The van der Waals surface area contributed by atoms with Gasteiger partial charge in [0.15, 0.2) is 0 Å². The molecule has 0 unspecified atom stereocenters. The minimum Gasteiger partial charge on any atom is -0.488 e. The minimum atomic E-state index is 0.525. The van der Waals surface area contributed by atoms with Gasteiger partial charge < -0.3 is 10.1 Å². The summed E-state index contributed by atoms with van der Waals surface area (Å²) in [5.74, 6) is 1.52. The first kappa shape index (κ1) is 16.0. The molecule has 1 heterocycles. The predicted molar refractivity (Wildman–Crippen MR) is 89.3 cm³/mol. The van der Waals surface area contributed by atoms with Crippen LogP contribution in [0.4, 0.5) is 0 Å². The topological polar surface area (TPSA) is 34.1 Å². The third kappa shape index (κ3) is 5.48. The molecular weight excluding hydrogens is 328 g/mol. The highest BCUT2D eigenvalue weighted by atomic mass is 79.9. The quantitative estimate of drug-likeness (QED) is 0.815. The van der Waals surface area contributed by atoms with Gasteiger partial charge in [-0.15, -0.1) is 0 Å². The number of nitrogens with zero attached hydrogens (tertiary/aromatic N) is 1. The number of rotatable bonds is 7. The van der Waals surface area contributed by atoms with E-state index in [1.54, 1.807) is 6.20 Å². The highest BCUT2D eigenvalue weighted by Gasteiger charge is 2.04. The molecule has 0 radical (unpaired) electrons. The zero-order valence-corrected chi connectivity index (χ0v) is 14.1. The van der Waals surface area contributed by atoms with Gasteiger partial charge in [-0.1, -0.05) is 26.0 Å². The van der Waals surface area contributed by atoms with Gasteiger partial charge in [-0.2, -0.15) is 0 Å². The number of benzene rings is 1. The molecule has 0 bridgehead atoms. The highest BCUT2D eigenvalue weighted by Crippen LogP contribution is 2.26. The van der Waals surface area contributed by atoms with Crippen LogP contribution in [-0.2, 0) is 13.2 Å². The van der Waals surface area contributed by atoms with Crippen LogP contribution in [0.15, 0.2) is 47.2 Å². The number of aromatic nitrogens is 1. The van der Waals surface area contributed by atoms with E-state index in [-0.39, 0.29) is 0 Å². The summed E-state index contributed by atoms with van der Waals surface area (Å²) in [4.78, 5) is 4.08. The minimum absolute atomic E-state index is 0.525. The molecule has 112 valence electrons. The first-order chi connectivity index (χ1) is 10.1. The summed E-state index contributed by atoms with van der Waals surface area (Å²) in [6.07, 6.45) is 3.58. The maximum Gasteiger partial charge on any atom is 0.134 e. The predicted octanol–water partition coefficient (Wildman–Crippen LogP) is 4.17. The van der Waals surface area contributed by atoms with Gasteiger partial charge in [0.1, 0.15) is 12.4 Å². The number of nitrogens with one attached hydrogen (secondary N) is 1. The number of pyridine rings is 1. The summed E-state index contributed by atoms with van der Waals surface area (Å²) in [6.45, 7) is 6.84. The van der Waals surface area contributed by atoms with Gasteiger partial charge >= 0.3 is 0 Å². The van der Waals surface area contributed by atoms with Gasteiger partial charge in [-0.05, 0) is 52.2 Å². The van der Waals surface area contributed by atoms with E-state index in [1.165, 1.54) is 5.56 Å². The molecule has 3 nitrogen and oxygen atoms in total. The van der Waals surface area contributed by atoms with E-state index in [2.05, 4.69) is 52.2 Å². The fraction of sp³-hybridized carbons (Fsp3) is 0.353. The Hall–Kier alpha value is -1.39. The van der Waals surface area contributed by atoms with Gasteiger partial charge in [0.25, 0.3) is 0 Å². The van der Waals surface area contributed by atoms with Crippen LogP contribution < -0.4 is 10.1 Å². The van der Waals surface area contributed by atoms with E-state index in [4.69, 9.17) is 4.74 Å². The second-order valence-corrected chi connectivity index (χ2v) is 6.29. The summed E-state index contributed by atoms with van der Waals surface area (Å²) in [6, 6.07) is 10.1. The molecule has 1 N–H and O–H groups in total. The fourth-order valence-corrected chi connectivity index (χ4v) is 2.46. The van der Waals surface area contributed by atoms with Crippen molar-refractivity contribution in [2.24, 2.45) is 5.92 Å². The molecule has 21 heavy (non-hydrogen) atoms. The molecule has 0 aliphatic heterocycles. The zero-order chi connectivity index (χ0) is 15.1. The summed E-state index contributed by atoms with van der Waals surface area (Å²) in [5, 5.41) is 3.44. The van der Waals surface area contributed by atoms with Gasteiger partial charge in [-0.25, -0.2) is 0 Å². The summed E-state index contributed by atoms with van der Waals surface area (Å²) < 4.78 is 6.79. The Balaban J connectivity index is 1.90. The molecule has 0 saturated carbocycles. The molecule has 0 aliphatic rings. The average Bonchev–Trinajstić information content (AvgIpc) is 2.47. The van der Waals surface area contributed by atoms with Crippen molar-refractivity contribution < 1.29 is 4.74 Å². The molecule has 4 heteroatoms. The largest absolute Gasteiger partial charge is 0.488 e. The Kier molecular flexibility index (Phi) is 6.21. The molecule has 0 spiro atoms. The van der Waals surface area contributed by atoms with Crippen LogP contribution in [0, 0.1) is 5.92 Å². The summed E-state index contributed by atoms with van der Waals surface area (Å²) in [7, 11) is 0. The second-order valence-electron chi connectivity index (χ2n) is 5.44. The Morgan fingerprint density at radius 3 is 2.76 bits per heavy atom. The lowest BCUT2D eigenvalue weighted by Gasteiger charge is -2.11. The van der Waals surface area contributed by atoms with Crippen LogP contribution in [0.25, 0.3) is 0 Å². The fourth-order valence-electron chi connectivity index (χ4n) is 1.92. The number of hydrogen-bond donors (Lipinski definition) is 1. The first-order valence-corrected chi connectivity index (χ1v) is 7.95. The van der Waals surface area contributed by atoms with Crippen molar-refractivity contribution in [1.82, 2.24) is 10.3 Å². The van der Waals surface area contributed by atoms with Crippen LogP contribution >= 0.6 is 15.9 Å². The Labute approximate surface area is 134 Å². The van der Waals surface area contributed by atoms with Crippen LogP contribution in [0.1, 0.15) is 25.0 Å². The number of halogens is 1. The maximum absolute atomic E-state index is 5.81. The summed E-state index contributed by atoms with van der Waals surface area (Å²) in [5.41, 5.74) is 2.31. The zero-order valence-electron chi connectivity index (χ0n) is 12.5.